The van der Waals surface area contributed by atoms with Gasteiger partial charge >= 0.3 is 0 Å². The predicted molar refractivity (Wildman–Crippen MR) is 105 cm³/mol. The van der Waals surface area contributed by atoms with Gasteiger partial charge in [0.2, 0.25) is 5.95 Å². The van der Waals surface area contributed by atoms with Crippen molar-refractivity contribution in [2.24, 2.45) is 0 Å². The molecule has 0 saturated carbocycles. The number of nitrogens with zero attached hydrogens (tertiary/aromatic N) is 3. The van der Waals surface area contributed by atoms with E-state index in [-0.39, 0.29) is 6.04 Å². The molecular weight excluding hydrogens is 381 g/mol. The van der Waals surface area contributed by atoms with E-state index in [1.165, 1.54) is 0 Å². The third-order valence-corrected chi connectivity index (χ3v) is 5.11. The molecule has 0 spiro atoms. The van der Waals surface area contributed by atoms with Gasteiger partial charge in [0.15, 0.2) is 5.82 Å². The average molecular weight is 401 g/mol. The molecule has 1 aromatic carbocycles. The van der Waals surface area contributed by atoms with Crippen molar-refractivity contribution >= 4 is 46.6 Å². The average Bonchev–Trinajstić information content (AvgIpc) is 2.57. The highest BCUT2D eigenvalue weighted by Gasteiger charge is 2.22. The molecule has 2 heterocycles. The van der Waals surface area contributed by atoms with Gasteiger partial charge in [-0.2, -0.15) is 4.98 Å². The largest absolute Gasteiger partial charge is 0.362 e. The zero-order valence-electron chi connectivity index (χ0n) is 14.1. The predicted octanol–water partition coefficient (Wildman–Crippen LogP) is 4.41. The van der Waals surface area contributed by atoms with E-state index in [0.29, 0.717) is 32.9 Å². The molecule has 0 aliphatic carbocycles. The van der Waals surface area contributed by atoms with Crippen LogP contribution in [0.25, 0.3) is 0 Å². The maximum atomic E-state index is 6.30. The van der Waals surface area contributed by atoms with Crippen molar-refractivity contribution in [2.75, 3.05) is 29.9 Å². The molecule has 1 unspecified atom stereocenters. The van der Waals surface area contributed by atoms with Gasteiger partial charge in [0.1, 0.15) is 5.02 Å². The summed E-state index contributed by atoms with van der Waals surface area (Å²) in [5, 5.41) is 8.38. The number of rotatable bonds is 4. The van der Waals surface area contributed by atoms with E-state index >= 15 is 0 Å². The van der Waals surface area contributed by atoms with Crippen LogP contribution in [0.5, 0.6) is 0 Å². The number of piperazine rings is 1. The molecule has 2 N–H and O–H groups in total. The maximum absolute atomic E-state index is 6.30. The molecule has 0 bridgehead atoms. The minimum atomic E-state index is -0.0783. The van der Waals surface area contributed by atoms with Crippen molar-refractivity contribution < 1.29 is 0 Å². The molecule has 0 radical (unpaired) electrons. The lowest BCUT2D eigenvalue weighted by atomic mass is 10.1. The van der Waals surface area contributed by atoms with Crippen LogP contribution in [0.2, 0.25) is 15.1 Å². The third-order valence-electron chi connectivity index (χ3n) is 4.27. The van der Waals surface area contributed by atoms with E-state index in [0.717, 1.165) is 25.2 Å². The Bertz CT molecular complexity index is 755. The normalized spacial score (nSPS) is 18.9. The number of aromatic nitrogens is 2. The molecule has 5 nitrogen and oxygen atoms in total. The molecule has 3 rings (SSSR count). The zero-order chi connectivity index (χ0) is 18.0. The summed E-state index contributed by atoms with van der Waals surface area (Å²) in [5.74, 6) is 1.27. The van der Waals surface area contributed by atoms with E-state index in [1.807, 2.05) is 19.1 Å². The molecule has 134 valence electrons. The lowest BCUT2D eigenvalue weighted by Gasteiger charge is -2.34. The summed E-state index contributed by atoms with van der Waals surface area (Å²) >= 11 is 18.6. The van der Waals surface area contributed by atoms with Gasteiger partial charge in [-0.3, -0.25) is 0 Å². The van der Waals surface area contributed by atoms with Crippen molar-refractivity contribution in [1.29, 1.82) is 0 Å². The number of benzene rings is 1. The second-order valence-electron chi connectivity index (χ2n) is 6.14. The van der Waals surface area contributed by atoms with Crippen molar-refractivity contribution in [3.05, 3.63) is 45.0 Å². The van der Waals surface area contributed by atoms with Crippen LogP contribution in [-0.4, -0.2) is 35.6 Å². The summed E-state index contributed by atoms with van der Waals surface area (Å²) in [4.78, 5) is 11.2. The molecule has 1 fully saturated rings. The van der Waals surface area contributed by atoms with Crippen molar-refractivity contribution in [3.63, 3.8) is 0 Å². The first kappa shape index (κ1) is 18.5. The van der Waals surface area contributed by atoms with Gasteiger partial charge in [-0.25, -0.2) is 4.98 Å². The fraction of sp³-hybridized carbons (Fsp3) is 0.412. The molecule has 2 atom stereocenters. The van der Waals surface area contributed by atoms with Crippen LogP contribution in [0.3, 0.4) is 0 Å². The fourth-order valence-corrected chi connectivity index (χ4v) is 3.59. The topological polar surface area (TPSA) is 53.1 Å². The molecule has 8 heteroatoms. The highest BCUT2D eigenvalue weighted by molar-refractivity contribution is 6.35. The molecule has 1 aromatic heterocycles. The summed E-state index contributed by atoms with van der Waals surface area (Å²) < 4.78 is 0. The van der Waals surface area contributed by atoms with Gasteiger partial charge in [0, 0.05) is 35.7 Å². The lowest BCUT2D eigenvalue weighted by molar-refractivity contribution is 0.493. The smallest absolute Gasteiger partial charge is 0.227 e. The Labute approximate surface area is 162 Å². The van der Waals surface area contributed by atoms with Gasteiger partial charge in [-0.05, 0) is 31.5 Å². The quantitative estimate of drug-likeness (QED) is 0.796. The van der Waals surface area contributed by atoms with Crippen molar-refractivity contribution in [3.8, 4) is 0 Å². The number of nitrogens with one attached hydrogen (secondary N) is 2. The molecular formula is C17H20Cl3N5. The Morgan fingerprint density at radius 1 is 1.28 bits per heavy atom. The Kier molecular flexibility index (Phi) is 5.89. The molecule has 25 heavy (non-hydrogen) atoms. The zero-order valence-corrected chi connectivity index (χ0v) is 16.3. The monoisotopic (exact) mass is 399 g/mol. The third kappa shape index (κ3) is 4.29. The van der Waals surface area contributed by atoms with Crippen molar-refractivity contribution in [2.45, 2.75) is 25.9 Å². The van der Waals surface area contributed by atoms with Gasteiger partial charge in [-0.15, -0.1) is 0 Å². The molecule has 1 saturated heterocycles. The second-order valence-corrected chi connectivity index (χ2v) is 7.40. The van der Waals surface area contributed by atoms with Gasteiger partial charge < -0.3 is 15.5 Å². The van der Waals surface area contributed by atoms with E-state index < -0.39 is 0 Å². The highest BCUT2D eigenvalue weighted by Crippen LogP contribution is 2.30. The summed E-state index contributed by atoms with van der Waals surface area (Å²) in [7, 11) is 0. The number of halogens is 3. The lowest BCUT2D eigenvalue weighted by Crippen LogP contribution is -2.50. The first-order valence-corrected chi connectivity index (χ1v) is 9.30. The van der Waals surface area contributed by atoms with E-state index in [9.17, 15) is 0 Å². The highest BCUT2D eigenvalue weighted by atomic mass is 35.5. The Morgan fingerprint density at radius 3 is 2.80 bits per heavy atom. The van der Waals surface area contributed by atoms with Crippen LogP contribution >= 0.6 is 34.8 Å². The summed E-state index contributed by atoms with van der Waals surface area (Å²) in [6.07, 6.45) is 1.64. The van der Waals surface area contributed by atoms with Gasteiger partial charge in [0.25, 0.3) is 0 Å². The van der Waals surface area contributed by atoms with Crippen LogP contribution in [0, 0.1) is 0 Å². The Balaban J connectivity index is 1.83. The van der Waals surface area contributed by atoms with Crippen LogP contribution in [0.1, 0.15) is 25.5 Å². The first-order chi connectivity index (χ1) is 12.0. The van der Waals surface area contributed by atoms with E-state index in [4.69, 9.17) is 34.8 Å². The van der Waals surface area contributed by atoms with Crippen molar-refractivity contribution in [1.82, 2.24) is 15.3 Å². The van der Waals surface area contributed by atoms with E-state index in [1.54, 1.807) is 12.3 Å². The number of hydrogen-bond acceptors (Lipinski definition) is 5. The fourth-order valence-electron chi connectivity index (χ4n) is 2.87. The van der Waals surface area contributed by atoms with Crippen LogP contribution in [0.4, 0.5) is 11.8 Å². The van der Waals surface area contributed by atoms with Gasteiger partial charge in [0.05, 0.1) is 12.2 Å². The second kappa shape index (κ2) is 7.96. The molecule has 1 aliphatic heterocycles. The number of anilines is 2. The molecule has 1 aliphatic rings. The number of hydrogen-bond donors (Lipinski definition) is 2. The van der Waals surface area contributed by atoms with Crippen LogP contribution in [-0.2, 0) is 0 Å². The SMILES string of the molecule is CC1CNCCN1c1ncc(Cl)c(N[C@H](C)c2ccc(Cl)cc2Cl)n1. The first-order valence-electron chi connectivity index (χ1n) is 8.17. The standard InChI is InChI=1S/C17H20Cl3N5/c1-10-8-21-5-6-25(10)17-22-9-15(20)16(24-17)23-11(2)13-4-3-12(18)7-14(13)19/h3-4,7,9-11,21H,5-6,8H2,1-2H3,(H,22,23,24)/t10?,11-/m1/s1. The summed E-state index contributed by atoms with van der Waals surface area (Å²) in [5.41, 5.74) is 0.929. The van der Waals surface area contributed by atoms with Crippen LogP contribution < -0.4 is 15.5 Å². The Hall–Kier alpha value is -1.27. The van der Waals surface area contributed by atoms with E-state index in [2.05, 4.69) is 32.4 Å². The summed E-state index contributed by atoms with van der Waals surface area (Å²) in [6, 6.07) is 5.69. The molecule has 2 aromatic rings. The summed E-state index contributed by atoms with van der Waals surface area (Å²) in [6.45, 7) is 6.83. The molecule has 0 amide bonds. The minimum absolute atomic E-state index is 0.0783. The maximum Gasteiger partial charge on any atom is 0.227 e. The van der Waals surface area contributed by atoms with Crippen LogP contribution in [0.15, 0.2) is 24.4 Å². The van der Waals surface area contributed by atoms with Gasteiger partial charge in [-0.1, -0.05) is 40.9 Å². The minimum Gasteiger partial charge on any atom is -0.362 e. The Morgan fingerprint density at radius 2 is 2.08 bits per heavy atom.